The normalized spacial score (nSPS) is 11.8. The third kappa shape index (κ3) is 7.72. The zero-order chi connectivity index (χ0) is 15.7. The predicted molar refractivity (Wildman–Crippen MR) is 86.6 cm³/mol. The summed E-state index contributed by atoms with van der Waals surface area (Å²) in [6, 6.07) is 7.58. The van der Waals surface area contributed by atoms with Crippen LogP contribution in [-0.2, 0) is 14.3 Å². The molecule has 1 atom stereocenters. The second-order valence-electron chi connectivity index (χ2n) is 4.83. The molecule has 0 bridgehead atoms. The van der Waals surface area contributed by atoms with E-state index in [0.717, 1.165) is 11.3 Å². The molecule has 0 saturated carbocycles. The van der Waals surface area contributed by atoms with Gasteiger partial charge in [0.15, 0.2) is 0 Å². The van der Waals surface area contributed by atoms with Gasteiger partial charge in [-0.15, -0.1) is 11.8 Å². The van der Waals surface area contributed by atoms with Crippen LogP contribution in [0.5, 0.6) is 0 Å². The van der Waals surface area contributed by atoms with Gasteiger partial charge in [-0.05, 0) is 31.5 Å². The van der Waals surface area contributed by atoms with Crippen molar-refractivity contribution >= 4 is 29.3 Å². The van der Waals surface area contributed by atoms with Crippen molar-refractivity contribution in [2.75, 3.05) is 30.5 Å². The Morgan fingerprint density at radius 1 is 1.29 bits per heavy atom. The fraction of sp³-hybridized carbons (Fsp3) is 0.467. The second-order valence-corrected chi connectivity index (χ2v) is 5.82. The number of hydrogen-bond acceptors (Lipinski definition) is 4. The molecule has 6 heteroatoms. The molecule has 1 aromatic rings. The fourth-order valence-electron chi connectivity index (χ4n) is 1.76. The van der Waals surface area contributed by atoms with E-state index in [2.05, 4.69) is 10.6 Å². The molecule has 0 aromatic heterocycles. The number of carbonyl (C=O) groups excluding carboxylic acids is 2. The van der Waals surface area contributed by atoms with Crippen molar-refractivity contribution in [3.63, 3.8) is 0 Å². The molecular weight excluding hydrogens is 288 g/mol. The smallest absolute Gasteiger partial charge is 0.234 e. The summed E-state index contributed by atoms with van der Waals surface area (Å²) >= 11 is 1.29. The fourth-order valence-corrected chi connectivity index (χ4v) is 2.39. The number of rotatable bonds is 8. The van der Waals surface area contributed by atoms with Gasteiger partial charge in [-0.1, -0.05) is 12.1 Å². The van der Waals surface area contributed by atoms with Gasteiger partial charge in [0.2, 0.25) is 11.8 Å². The maximum absolute atomic E-state index is 11.7. The first kappa shape index (κ1) is 17.5. The third-order valence-corrected chi connectivity index (χ3v) is 3.52. The Balaban J connectivity index is 2.23. The topological polar surface area (TPSA) is 67.4 Å². The monoisotopic (exact) mass is 310 g/mol. The maximum Gasteiger partial charge on any atom is 0.234 e. The summed E-state index contributed by atoms with van der Waals surface area (Å²) in [5, 5.41) is 5.60. The number of benzene rings is 1. The van der Waals surface area contributed by atoms with Gasteiger partial charge in [0.05, 0.1) is 18.1 Å². The molecular formula is C15H22N2O3S. The lowest BCUT2D eigenvalue weighted by Crippen LogP contribution is -2.36. The number of aryl methyl sites for hydroxylation is 1. The van der Waals surface area contributed by atoms with Gasteiger partial charge >= 0.3 is 0 Å². The van der Waals surface area contributed by atoms with Crippen molar-refractivity contribution in [3.05, 3.63) is 29.8 Å². The number of carbonyl (C=O) groups is 2. The average Bonchev–Trinajstić information content (AvgIpc) is 2.38. The van der Waals surface area contributed by atoms with Crippen LogP contribution in [0.3, 0.4) is 0 Å². The van der Waals surface area contributed by atoms with Crippen LogP contribution in [0.25, 0.3) is 0 Å². The molecule has 0 radical (unpaired) electrons. The molecule has 2 N–H and O–H groups in total. The number of nitrogens with one attached hydrogen (secondary N) is 2. The SMILES string of the molecule is COCC(C)NC(=O)CSCC(=O)Nc1cccc(C)c1. The van der Waals surface area contributed by atoms with Gasteiger partial charge in [-0.2, -0.15) is 0 Å². The highest BCUT2D eigenvalue weighted by Crippen LogP contribution is 2.10. The van der Waals surface area contributed by atoms with Gasteiger partial charge in [0.25, 0.3) is 0 Å². The molecule has 2 amide bonds. The van der Waals surface area contributed by atoms with E-state index in [9.17, 15) is 9.59 Å². The molecule has 0 heterocycles. The van der Waals surface area contributed by atoms with Crippen molar-refractivity contribution < 1.29 is 14.3 Å². The summed E-state index contributed by atoms with van der Waals surface area (Å²) in [5.74, 6) is 0.311. The van der Waals surface area contributed by atoms with E-state index in [0.29, 0.717) is 6.61 Å². The zero-order valence-electron chi connectivity index (χ0n) is 12.6. The van der Waals surface area contributed by atoms with Crippen LogP contribution >= 0.6 is 11.8 Å². The molecule has 0 saturated heterocycles. The molecule has 1 rings (SSSR count). The van der Waals surface area contributed by atoms with Crippen molar-refractivity contribution in [2.24, 2.45) is 0 Å². The summed E-state index contributed by atoms with van der Waals surface area (Å²) in [6.45, 7) is 4.32. The third-order valence-electron chi connectivity index (χ3n) is 2.59. The van der Waals surface area contributed by atoms with Crippen LogP contribution in [0.4, 0.5) is 5.69 Å². The number of amides is 2. The Hall–Kier alpha value is -1.53. The molecule has 21 heavy (non-hydrogen) atoms. The molecule has 5 nitrogen and oxygen atoms in total. The Bertz CT molecular complexity index is 480. The highest BCUT2D eigenvalue weighted by atomic mass is 32.2. The van der Waals surface area contributed by atoms with E-state index in [1.54, 1.807) is 7.11 Å². The van der Waals surface area contributed by atoms with Crippen LogP contribution in [0, 0.1) is 6.92 Å². The highest BCUT2D eigenvalue weighted by molar-refractivity contribution is 8.00. The highest BCUT2D eigenvalue weighted by Gasteiger charge is 2.09. The van der Waals surface area contributed by atoms with Gasteiger partial charge in [0.1, 0.15) is 0 Å². The minimum Gasteiger partial charge on any atom is -0.383 e. The number of anilines is 1. The van der Waals surface area contributed by atoms with Crippen LogP contribution in [-0.4, -0.2) is 43.1 Å². The van der Waals surface area contributed by atoms with Crippen LogP contribution in [0.2, 0.25) is 0 Å². The molecule has 116 valence electrons. The van der Waals surface area contributed by atoms with Gasteiger partial charge in [-0.25, -0.2) is 0 Å². The average molecular weight is 310 g/mol. The van der Waals surface area contributed by atoms with Gasteiger partial charge < -0.3 is 15.4 Å². The zero-order valence-corrected chi connectivity index (χ0v) is 13.5. The van der Waals surface area contributed by atoms with E-state index in [-0.39, 0.29) is 29.4 Å². The van der Waals surface area contributed by atoms with E-state index < -0.39 is 0 Å². The summed E-state index contributed by atoms with van der Waals surface area (Å²) in [5.41, 5.74) is 1.87. The lowest BCUT2D eigenvalue weighted by Gasteiger charge is -2.12. The lowest BCUT2D eigenvalue weighted by atomic mass is 10.2. The van der Waals surface area contributed by atoms with E-state index in [1.807, 2.05) is 38.1 Å². The van der Waals surface area contributed by atoms with Crippen LogP contribution in [0.1, 0.15) is 12.5 Å². The van der Waals surface area contributed by atoms with Gasteiger partial charge in [0, 0.05) is 18.8 Å². The predicted octanol–water partition coefficient (Wildman–Crippen LogP) is 1.82. The van der Waals surface area contributed by atoms with Crippen molar-refractivity contribution in [1.82, 2.24) is 5.32 Å². The van der Waals surface area contributed by atoms with Crippen molar-refractivity contribution in [2.45, 2.75) is 19.9 Å². The first-order valence-electron chi connectivity index (χ1n) is 6.74. The first-order chi connectivity index (χ1) is 10.0. The summed E-state index contributed by atoms with van der Waals surface area (Å²) in [7, 11) is 1.59. The second kappa shape index (κ2) is 9.41. The molecule has 0 spiro atoms. The summed E-state index contributed by atoms with van der Waals surface area (Å²) in [4.78, 5) is 23.3. The van der Waals surface area contributed by atoms with Crippen molar-refractivity contribution in [3.8, 4) is 0 Å². The number of thioether (sulfide) groups is 1. The van der Waals surface area contributed by atoms with E-state index >= 15 is 0 Å². The van der Waals surface area contributed by atoms with Gasteiger partial charge in [-0.3, -0.25) is 9.59 Å². The largest absolute Gasteiger partial charge is 0.383 e. The van der Waals surface area contributed by atoms with Crippen molar-refractivity contribution in [1.29, 1.82) is 0 Å². The maximum atomic E-state index is 11.7. The quantitative estimate of drug-likeness (QED) is 0.768. The Morgan fingerprint density at radius 2 is 2.00 bits per heavy atom. The molecule has 0 aliphatic carbocycles. The summed E-state index contributed by atoms with van der Waals surface area (Å²) in [6.07, 6.45) is 0. The molecule has 0 aliphatic rings. The Kier molecular flexibility index (Phi) is 7.85. The Morgan fingerprint density at radius 3 is 2.67 bits per heavy atom. The van der Waals surface area contributed by atoms with Crippen LogP contribution < -0.4 is 10.6 Å². The Labute approximate surface area is 129 Å². The lowest BCUT2D eigenvalue weighted by molar-refractivity contribution is -0.119. The molecule has 1 unspecified atom stereocenters. The number of methoxy groups -OCH3 is 1. The summed E-state index contributed by atoms with van der Waals surface area (Å²) < 4.78 is 4.94. The van der Waals surface area contributed by atoms with E-state index in [4.69, 9.17) is 4.74 Å². The van der Waals surface area contributed by atoms with E-state index in [1.165, 1.54) is 11.8 Å². The standard InChI is InChI=1S/C15H22N2O3S/c1-11-5-4-6-13(7-11)17-15(19)10-21-9-14(18)16-12(2)8-20-3/h4-7,12H,8-10H2,1-3H3,(H,16,18)(H,17,19). The minimum absolute atomic E-state index is 0.0239. The molecule has 1 aromatic carbocycles. The number of ether oxygens (including phenoxy) is 1. The number of hydrogen-bond donors (Lipinski definition) is 2. The van der Waals surface area contributed by atoms with Crippen LogP contribution in [0.15, 0.2) is 24.3 Å². The molecule has 0 fully saturated rings. The first-order valence-corrected chi connectivity index (χ1v) is 7.89. The molecule has 0 aliphatic heterocycles. The minimum atomic E-state index is -0.108.